The van der Waals surface area contributed by atoms with E-state index in [1.807, 2.05) is 0 Å². The van der Waals surface area contributed by atoms with Crippen LogP contribution in [0.1, 0.15) is 36.4 Å². The van der Waals surface area contributed by atoms with Gasteiger partial charge in [0.25, 0.3) is 0 Å². The van der Waals surface area contributed by atoms with E-state index in [0.717, 1.165) is 25.3 Å². The van der Waals surface area contributed by atoms with E-state index in [4.69, 9.17) is 10.5 Å². The molecule has 1 atom stereocenters. The van der Waals surface area contributed by atoms with Crippen molar-refractivity contribution >= 4 is 0 Å². The van der Waals surface area contributed by atoms with E-state index in [9.17, 15) is 0 Å². The fraction of sp³-hybridized carbons (Fsp3) is 0.600. The highest BCUT2D eigenvalue weighted by molar-refractivity contribution is 5.39. The number of hydrogen-bond acceptors (Lipinski definition) is 3. The smallest absolute Gasteiger partial charge is 0.119 e. The van der Waals surface area contributed by atoms with Crippen molar-refractivity contribution in [3.8, 4) is 5.75 Å². The van der Waals surface area contributed by atoms with Crippen LogP contribution in [0.5, 0.6) is 5.75 Å². The molecular weight excluding hydrogens is 224 g/mol. The molecular formula is C15H24N2O. The molecule has 100 valence electrons. The zero-order chi connectivity index (χ0) is 13.0. The lowest BCUT2D eigenvalue weighted by molar-refractivity contribution is 0.219. The largest absolute Gasteiger partial charge is 0.497 e. The first-order chi connectivity index (χ1) is 8.76. The summed E-state index contributed by atoms with van der Waals surface area (Å²) < 4.78 is 5.35. The summed E-state index contributed by atoms with van der Waals surface area (Å²) in [6.45, 7) is 1.83. The molecule has 1 aliphatic rings. The molecule has 3 nitrogen and oxygen atoms in total. The van der Waals surface area contributed by atoms with E-state index in [2.05, 4.69) is 30.1 Å². The molecule has 0 radical (unpaired) electrons. The third kappa shape index (κ3) is 2.85. The number of aryl methyl sites for hydroxylation is 1. The van der Waals surface area contributed by atoms with Gasteiger partial charge in [0.05, 0.1) is 7.11 Å². The van der Waals surface area contributed by atoms with Gasteiger partial charge in [-0.05, 0) is 69.1 Å². The number of ether oxygens (including phenoxy) is 1. The van der Waals surface area contributed by atoms with Gasteiger partial charge in [-0.1, -0.05) is 6.07 Å². The Morgan fingerprint density at radius 2 is 2.28 bits per heavy atom. The van der Waals surface area contributed by atoms with E-state index in [-0.39, 0.29) is 0 Å². The number of benzene rings is 1. The molecule has 0 saturated heterocycles. The van der Waals surface area contributed by atoms with Gasteiger partial charge in [-0.25, -0.2) is 0 Å². The van der Waals surface area contributed by atoms with Crippen LogP contribution in [0.15, 0.2) is 18.2 Å². The highest BCUT2D eigenvalue weighted by atomic mass is 16.5. The Hall–Kier alpha value is -1.06. The van der Waals surface area contributed by atoms with E-state index in [1.165, 1.54) is 30.4 Å². The molecule has 0 fully saturated rings. The molecule has 2 rings (SSSR count). The van der Waals surface area contributed by atoms with Gasteiger partial charge >= 0.3 is 0 Å². The summed E-state index contributed by atoms with van der Waals surface area (Å²) in [4.78, 5) is 2.43. The third-order valence-electron chi connectivity index (χ3n) is 3.88. The molecule has 0 heterocycles. The molecule has 1 aromatic rings. The number of nitrogens with zero attached hydrogens (tertiary/aromatic N) is 1. The van der Waals surface area contributed by atoms with E-state index in [0.29, 0.717) is 6.04 Å². The summed E-state index contributed by atoms with van der Waals surface area (Å²) in [7, 11) is 3.94. The molecule has 1 unspecified atom stereocenters. The highest BCUT2D eigenvalue weighted by Crippen LogP contribution is 2.35. The average Bonchev–Trinajstić information content (AvgIpc) is 2.43. The monoisotopic (exact) mass is 248 g/mol. The summed E-state index contributed by atoms with van der Waals surface area (Å²) in [6, 6.07) is 7.02. The molecule has 1 aliphatic carbocycles. The molecule has 1 aromatic carbocycles. The lowest BCUT2D eigenvalue weighted by atomic mass is 9.86. The minimum atomic E-state index is 0.524. The van der Waals surface area contributed by atoms with Crippen LogP contribution in [0.4, 0.5) is 0 Å². The molecule has 0 amide bonds. The van der Waals surface area contributed by atoms with Crippen molar-refractivity contribution in [2.45, 2.75) is 31.7 Å². The SMILES string of the molecule is COc1ccc2c(c1)C(N(C)CCCN)CCC2. The maximum absolute atomic E-state index is 5.60. The standard InChI is InChI=1S/C15H24N2O/c1-17(10-4-9-16)15-6-3-5-12-7-8-13(18-2)11-14(12)15/h7-8,11,15H,3-6,9-10,16H2,1-2H3. The van der Waals surface area contributed by atoms with E-state index < -0.39 is 0 Å². The van der Waals surface area contributed by atoms with Crippen molar-refractivity contribution < 1.29 is 4.74 Å². The first kappa shape index (κ1) is 13.4. The summed E-state index contributed by atoms with van der Waals surface area (Å²) in [6.07, 6.45) is 4.77. The van der Waals surface area contributed by atoms with E-state index in [1.54, 1.807) is 7.11 Å². The summed E-state index contributed by atoms with van der Waals surface area (Å²) >= 11 is 0. The van der Waals surface area contributed by atoms with Gasteiger partial charge in [-0.15, -0.1) is 0 Å². The van der Waals surface area contributed by atoms with Gasteiger partial charge in [0.1, 0.15) is 5.75 Å². The third-order valence-corrected chi connectivity index (χ3v) is 3.88. The molecule has 0 aliphatic heterocycles. The maximum Gasteiger partial charge on any atom is 0.119 e. The Morgan fingerprint density at radius 1 is 1.44 bits per heavy atom. The Morgan fingerprint density at radius 3 is 3.00 bits per heavy atom. The van der Waals surface area contributed by atoms with Crippen LogP contribution in [-0.2, 0) is 6.42 Å². The number of hydrogen-bond donors (Lipinski definition) is 1. The second-order valence-corrected chi connectivity index (χ2v) is 5.10. The zero-order valence-electron chi connectivity index (χ0n) is 11.5. The molecule has 0 aromatic heterocycles. The molecule has 3 heteroatoms. The maximum atomic E-state index is 5.60. The lowest BCUT2D eigenvalue weighted by Gasteiger charge is -2.33. The van der Waals surface area contributed by atoms with Crippen molar-refractivity contribution in [2.24, 2.45) is 5.73 Å². The Balaban J connectivity index is 2.20. The van der Waals surface area contributed by atoms with Gasteiger partial charge in [-0.2, -0.15) is 0 Å². The topological polar surface area (TPSA) is 38.5 Å². The van der Waals surface area contributed by atoms with Crippen molar-refractivity contribution in [2.75, 3.05) is 27.2 Å². The first-order valence-corrected chi connectivity index (χ1v) is 6.83. The van der Waals surface area contributed by atoms with Crippen LogP contribution in [-0.4, -0.2) is 32.1 Å². The van der Waals surface area contributed by atoms with E-state index >= 15 is 0 Å². The highest BCUT2D eigenvalue weighted by Gasteiger charge is 2.23. The second kappa shape index (κ2) is 6.21. The van der Waals surface area contributed by atoms with Crippen molar-refractivity contribution in [3.05, 3.63) is 29.3 Å². The molecule has 18 heavy (non-hydrogen) atoms. The molecule has 2 N–H and O–H groups in total. The van der Waals surface area contributed by atoms with Crippen molar-refractivity contribution in [1.82, 2.24) is 4.90 Å². The Labute approximate surface area is 110 Å². The van der Waals surface area contributed by atoms with Gasteiger partial charge in [0.15, 0.2) is 0 Å². The number of fused-ring (bicyclic) bond motifs is 1. The van der Waals surface area contributed by atoms with Gasteiger partial charge in [0.2, 0.25) is 0 Å². The van der Waals surface area contributed by atoms with Crippen LogP contribution >= 0.6 is 0 Å². The van der Waals surface area contributed by atoms with Gasteiger partial charge in [-0.3, -0.25) is 4.90 Å². The number of nitrogens with two attached hydrogens (primary N) is 1. The number of methoxy groups -OCH3 is 1. The minimum Gasteiger partial charge on any atom is -0.497 e. The summed E-state index contributed by atoms with van der Waals surface area (Å²) in [5.74, 6) is 0.966. The first-order valence-electron chi connectivity index (χ1n) is 6.83. The Bertz CT molecular complexity index is 392. The van der Waals surface area contributed by atoms with Gasteiger partial charge in [0, 0.05) is 6.04 Å². The molecule has 0 spiro atoms. The zero-order valence-corrected chi connectivity index (χ0v) is 11.5. The second-order valence-electron chi connectivity index (χ2n) is 5.10. The van der Waals surface area contributed by atoms with Crippen molar-refractivity contribution in [3.63, 3.8) is 0 Å². The molecule has 0 bridgehead atoms. The number of rotatable bonds is 5. The summed E-state index contributed by atoms with van der Waals surface area (Å²) in [5.41, 5.74) is 8.52. The predicted octanol–water partition coefficient (Wildman–Crippen LogP) is 2.35. The van der Waals surface area contributed by atoms with Crippen LogP contribution in [0, 0.1) is 0 Å². The Kier molecular flexibility index (Phi) is 4.61. The van der Waals surface area contributed by atoms with Crippen LogP contribution in [0.25, 0.3) is 0 Å². The van der Waals surface area contributed by atoms with Crippen molar-refractivity contribution in [1.29, 1.82) is 0 Å². The normalized spacial score (nSPS) is 18.8. The summed E-state index contributed by atoms with van der Waals surface area (Å²) in [5, 5.41) is 0. The van der Waals surface area contributed by atoms with Crippen LogP contribution in [0.3, 0.4) is 0 Å². The van der Waals surface area contributed by atoms with Crippen LogP contribution < -0.4 is 10.5 Å². The predicted molar refractivity (Wildman–Crippen MR) is 75.0 cm³/mol. The fourth-order valence-electron chi connectivity index (χ4n) is 2.83. The minimum absolute atomic E-state index is 0.524. The van der Waals surface area contributed by atoms with Crippen LogP contribution in [0.2, 0.25) is 0 Å². The fourth-order valence-corrected chi connectivity index (χ4v) is 2.83. The quantitative estimate of drug-likeness (QED) is 0.869. The average molecular weight is 248 g/mol. The van der Waals surface area contributed by atoms with Gasteiger partial charge < -0.3 is 10.5 Å². The molecule has 0 saturated carbocycles. The lowest BCUT2D eigenvalue weighted by Crippen LogP contribution is -2.29.